The summed E-state index contributed by atoms with van der Waals surface area (Å²) >= 11 is 17.4. The molecule has 1 aromatic rings. The van der Waals surface area contributed by atoms with Crippen molar-refractivity contribution in [2.24, 2.45) is 5.92 Å². The molecule has 0 aliphatic rings. The highest BCUT2D eigenvalue weighted by Crippen LogP contribution is 2.21. The minimum absolute atomic E-state index is 0.128. The van der Waals surface area contributed by atoms with Crippen LogP contribution in [-0.4, -0.2) is 10.7 Å². The van der Waals surface area contributed by atoms with Crippen LogP contribution in [0, 0.1) is 12.8 Å². The number of aryl methyl sites for hydroxylation is 1. The van der Waals surface area contributed by atoms with Crippen molar-refractivity contribution in [3.8, 4) is 0 Å². The molecule has 0 bridgehead atoms. The van der Waals surface area contributed by atoms with Gasteiger partial charge in [0.1, 0.15) is 4.84 Å². The third kappa shape index (κ3) is 3.68. The van der Waals surface area contributed by atoms with Crippen LogP contribution in [0.3, 0.4) is 0 Å². The van der Waals surface area contributed by atoms with Crippen molar-refractivity contribution in [2.75, 3.05) is 5.88 Å². The van der Waals surface area contributed by atoms with Gasteiger partial charge < -0.3 is 0 Å². The summed E-state index contributed by atoms with van der Waals surface area (Å²) in [7, 11) is 0. The lowest BCUT2D eigenvalue weighted by Gasteiger charge is -2.14. The Morgan fingerprint density at radius 2 is 1.71 bits per heavy atom. The van der Waals surface area contributed by atoms with Gasteiger partial charge in [0.05, 0.1) is 0 Å². The van der Waals surface area contributed by atoms with Crippen LogP contribution in [0.5, 0.6) is 0 Å². The summed E-state index contributed by atoms with van der Waals surface area (Å²) < 4.78 is 0. The lowest BCUT2D eigenvalue weighted by molar-refractivity contribution is 0.632. The van der Waals surface area contributed by atoms with Crippen molar-refractivity contribution in [2.45, 2.75) is 18.2 Å². The molecule has 0 radical (unpaired) electrons. The van der Waals surface area contributed by atoms with E-state index in [0.717, 1.165) is 6.42 Å². The molecule has 3 heteroatoms. The number of hydrogen-bond acceptors (Lipinski definition) is 0. The summed E-state index contributed by atoms with van der Waals surface area (Å²) in [6, 6.07) is 8.34. The number of hydrogen-bond donors (Lipinski definition) is 0. The van der Waals surface area contributed by atoms with Crippen LogP contribution in [0.15, 0.2) is 24.3 Å². The van der Waals surface area contributed by atoms with E-state index in [1.807, 2.05) is 0 Å². The second-order valence-corrected chi connectivity index (χ2v) is 4.91. The largest absolute Gasteiger partial charge is 0.126 e. The van der Waals surface area contributed by atoms with Gasteiger partial charge in [-0.05, 0) is 18.9 Å². The predicted octanol–water partition coefficient (Wildman–Crippen LogP) is 4.20. The zero-order valence-corrected chi connectivity index (χ0v) is 10.3. The van der Waals surface area contributed by atoms with E-state index in [0.29, 0.717) is 5.88 Å². The van der Waals surface area contributed by atoms with Gasteiger partial charge in [-0.3, -0.25) is 0 Å². The molecule has 0 aliphatic heterocycles. The summed E-state index contributed by atoms with van der Waals surface area (Å²) in [5.41, 5.74) is 2.48. The van der Waals surface area contributed by atoms with Crippen molar-refractivity contribution >= 4 is 34.8 Å². The van der Waals surface area contributed by atoms with Crippen LogP contribution >= 0.6 is 34.8 Å². The van der Waals surface area contributed by atoms with E-state index < -0.39 is 4.84 Å². The molecule has 14 heavy (non-hydrogen) atoms. The molecule has 0 fully saturated rings. The van der Waals surface area contributed by atoms with Crippen LogP contribution in [-0.2, 0) is 6.42 Å². The SMILES string of the molecule is Cc1ccc(CC(CCl)C(Cl)Cl)cc1. The first-order valence-electron chi connectivity index (χ1n) is 4.53. The molecule has 1 rings (SSSR count). The number of rotatable bonds is 4. The fourth-order valence-electron chi connectivity index (χ4n) is 1.24. The second kappa shape index (κ2) is 5.85. The maximum absolute atomic E-state index is 5.81. The second-order valence-electron chi connectivity index (χ2n) is 3.44. The molecule has 1 aromatic carbocycles. The van der Waals surface area contributed by atoms with Gasteiger partial charge in [0, 0.05) is 11.8 Å². The Hall–Kier alpha value is 0.0900. The summed E-state index contributed by atoms with van der Waals surface area (Å²) in [6.45, 7) is 2.06. The van der Waals surface area contributed by atoms with Crippen molar-refractivity contribution in [3.05, 3.63) is 35.4 Å². The summed E-state index contributed by atoms with van der Waals surface area (Å²) in [5, 5.41) is 0. The molecule has 0 heterocycles. The fraction of sp³-hybridized carbons (Fsp3) is 0.455. The van der Waals surface area contributed by atoms with Gasteiger partial charge in [0.25, 0.3) is 0 Å². The normalized spacial score (nSPS) is 13.2. The van der Waals surface area contributed by atoms with Crippen LogP contribution in [0.4, 0.5) is 0 Å². The molecule has 1 atom stereocenters. The van der Waals surface area contributed by atoms with E-state index in [-0.39, 0.29) is 5.92 Å². The Labute approximate surface area is 100 Å². The quantitative estimate of drug-likeness (QED) is 0.704. The molecule has 0 saturated heterocycles. The number of benzene rings is 1. The topological polar surface area (TPSA) is 0 Å². The zero-order chi connectivity index (χ0) is 10.6. The van der Waals surface area contributed by atoms with E-state index in [1.165, 1.54) is 11.1 Å². The Morgan fingerprint density at radius 3 is 2.14 bits per heavy atom. The lowest BCUT2D eigenvalue weighted by atomic mass is 10.0. The minimum atomic E-state index is -0.395. The van der Waals surface area contributed by atoms with E-state index in [4.69, 9.17) is 34.8 Å². The average Bonchev–Trinajstić information content (AvgIpc) is 2.16. The molecule has 0 spiro atoms. The minimum Gasteiger partial charge on any atom is -0.126 e. The monoisotopic (exact) mass is 250 g/mol. The van der Waals surface area contributed by atoms with Crippen molar-refractivity contribution in [3.63, 3.8) is 0 Å². The van der Waals surface area contributed by atoms with Gasteiger partial charge >= 0.3 is 0 Å². The van der Waals surface area contributed by atoms with Gasteiger partial charge in [0.15, 0.2) is 0 Å². The van der Waals surface area contributed by atoms with E-state index >= 15 is 0 Å². The third-order valence-electron chi connectivity index (χ3n) is 2.17. The summed E-state index contributed by atoms with van der Waals surface area (Å²) in [5.74, 6) is 0.619. The first-order valence-corrected chi connectivity index (χ1v) is 5.94. The summed E-state index contributed by atoms with van der Waals surface area (Å²) in [4.78, 5) is -0.395. The van der Waals surface area contributed by atoms with Gasteiger partial charge in [-0.25, -0.2) is 0 Å². The lowest BCUT2D eigenvalue weighted by Crippen LogP contribution is -2.14. The molecule has 0 N–H and O–H groups in total. The van der Waals surface area contributed by atoms with E-state index in [1.54, 1.807) is 0 Å². The van der Waals surface area contributed by atoms with Crippen LogP contribution < -0.4 is 0 Å². The number of halogens is 3. The maximum Gasteiger partial charge on any atom is 0.112 e. The molecule has 1 unspecified atom stereocenters. The Kier molecular flexibility index (Phi) is 5.08. The number of alkyl halides is 3. The fourth-order valence-corrected chi connectivity index (χ4v) is 2.06. The van der Waals surface area contributed by atoms with E-state index in [9.17, 15) is 0 Å². The first-order chi connectivity index (χ1) is 6.63. The molecule has 78 valence electrons. The van der Waals surface area contributed by atoms with Crippen molar-refractivity contribution in [1.82, 2.24) is 0 Å². The third-order valence-corrected chi connectivity index (χ3v) is 3.28. The van der Waals surface area contributed by atoms with Crippen LogP contribution in [0.2, 0.25) is 0 Å². The molecule has 0 aromatic heterocycles. The zero-order valence-electron chi connectivity index (χ0n) is 8.01. The van der Waals surface area contributed by atoms with Crippen molar-refractivity contribution in [1.29, 1.82) is 0 Å². The summed E-state index contributed by atoms with van der Waals surface area (Å²) in [6.07, 6.45) is 0.835. The maximum atomic E-state index is 5.81. The predicted molar refractivity (Wildman–Crippen MR) is 64.6 cm³/mol. The standard InChI is InChI=1S/C11H13Cl3/c1-8-2-4-9(5-3-8)6-10(7-12)11(13)14/h2-5,10-11H,6-7H2,1H3. The van der Waals surface area contributed by atoms with E-state index in [2.05, 4.69) is 31.2 Å². The smallest absolute Gasteiger partial charge is 0.112 e. The molecule has 0 aliphatic carbocycles. The molecular formula is C11H13Cl3. The highest BCUT2D eigenvalue weighted by molar-refractivity contribution is 6.44. The molecule has 0 saturated carbocycles. The van der Waals surface area contributed by atoms with Crippen LogP contribution in [0.25, 0.3) is 0 Å². The van der Waals surface area contributed by atoms with Crippen molar-refractivity contribution < 1.29 is 0 Å². The Morgan fingerprint density at radius 1 is 1.14 bits per heavy atom. The van der Waals surface area contributed by atoms with Gasteiger partial charge in [-0.15, -0.1) is 34.8 Å². The first kappa shape index (κ1) is 12.2. The van der Waals surface area contributed by atoms with Gasteiger partial charge in [-0.1, -0.05) is 29.8 Å². The van der Waals surface area contributed by atoms with Gasteiger partial charge in [0.2, 0.25) is 0 Å². The highest BCUT2D eigenvalue weighted by atomic mass is 35.5. The average molecular weight is 252 g/mol. The molecule has 0 amide bonds. The van der Waals surface area contributed by atoms with Crippen LogP contribution in [0.1, 0.15) is 11.1 Å². The van der Waals surface area contributed by atoms with Gasteiger partial charge in [-0.2, -0.15) is 0 Å². The molecular weight excluding hydrogens is 238 g/mol. The molecule has 0 nitrogen and oxygen atoms in total. The Bertz CT molecular complexity index is 266. The Balaban J connectivity index is 2.63. The highest BCUT2D eigenvalue weighted by Gasteiger charge is 2.16.